The van der Waals surface area contributed by atoms with Gasteiger partial charge in [0, 0.05) is 53.2 Å². The predicted molar refractivity (Wildman–Crippen MR) is 233 cm³/mol. The molecule has 0 N–H and O–H groups in total. The SMILES string of the molecule is c1ccc(-c2nc(-c3ccccc3)nc(-c3cccc(-c4cccc5oc6c(-c7cccc8sc9cccc(-c%10ccccc%10)c9c78)cccc6c45)c3)n2)cc1. The number of aromatic nitrogens is 3. The summed E-state index contributed by atoms with van der Waals surface area (Å²) in [6, 6.07) is 65.5. The summed E-state index contributed by atoms with van der Waals surface area (Å²) in [5.41, 5.74) is 11.4. The van der Waals surface area contributed by atoms with Gasteiger partial charge in [0.1, 0.15) is 11.2 Å². The molecule has 8 aromatic carbocycles. The lowest BCUT2D eigenvalue weighted by molar-refractivity contribution is 0.670. The highest BCUT2D eigenvalue weighted by atomic mass is 32.1. The third-order valence-electron chi connectivity index (χ3n) is 10.6. The summed E-state index contributed by atoms with van der Waals surface area (Å²) in [7, 11) is 0. The quantitative estimate of drug-likeness (QED) is 0.171. The van der Waals surface area contributed by atoms with Gasteiger partial charge in [0.15, 0.2) is 17.5 Å². The van der Waals surface area contributed by atoms with Gasteiger partial charge < -0.3 is 4.42 Å². The predicted octanol–water partition coefficient (Wildman–Crippen LogP) is 14.1. The molecule has 0 spiro atoms. The van der Waals surface area contributed by atoms with Crippen molar-refractivity contribution in [1.82, 2.24) is 15.0 Å². The van der Waals surface area contributed by atoms with Crippen molar-refractivity contribution in [2.24, 2.45) is 0 Å². The van der Waals surface area contributed by atoms with E-state index in [-0.39, 0.29) is 0 Å². The molecule has 0 aliphatic heterocycles. The number of thiophene rings is 1. The molecule has 56 heavy (non-hydrogen) atoms. The van der Waals surface area contributed by atoms with Crippen molar-refractivity contribution in [3.63, 3.8) is 0 Å². The first kappa shape index (κ1) is 32.2. The van der Waals surface area contributed by atoms with Crippen molar-refractivity contribution in [3.05, 3.63) is 188 Å². The number of hydrogen-bond donors (Lipinski definition) is 0. The summed E-state index contributed by atoms with van der Waals surface area (Å²) >= 11 is 1.84. The average molecular weight is 734 g/mol. The summed E-state index contributed by atoms with van der Waals surface area (Å²) in [6.07, 6.45) is 0. The summed E-state index contributed by atoms with van der Waals surface area (Å²) < 4.78 is 9.40. The first-order chi connectivity index (χ1) is 27.8. The molecule has 0 atom stereocenters. The number of benzene rings is 8. The Bertz CT molecular complexity index is 3180. The highest BCUT2D eigenvalue weighted by Crippen LogP contribution is 2.47. The maximum atomic E-state index is 6.87. The molecule has 262 valence electrons. The van der Waals surface area contributed by atoms with Crippen LogP contribution in [0.25, 0.3) is 110 Å². The van der Waals surface area contributed by atoms with Gasteiger partial charge in [-0.1, -0.05) is 164 Å². The van der Waals surface area contributed by atoms with Gasteiger partial charge in [0.25, 0.3) is 0 Å². The van der Waals surface area contributed by atoms with Gasteiger partial charge in [0.2, 0.25) is 0 Å². The van der Waals surface area contributed by atoms with Crippen LogP contribution in [-0.4, -0.2) is 15.0 Å². The van der Waals surface area contributed by atoms with Gasteiger partial charge >= 0.3 is 0 Å². The number of hydrogen-bond acceptors (Lipinski definition) is 5. The second kappa shape index (κ2) is 13.3. The third kappa shape index (κ3) is 5.40. The number of rotatable bonds is 6. The average Bonchev–Trinajstić information content (AvgIpc) is 3.86. The molecule has 0 radical (unpaired) electrons. The van der Waals surface area contributed by atoms with Crippen molar-refractivity contribution in [2.75, 3.05) is 0 Å². The minimum Gasteiger partial charge on any atom is -0.455 e. The van der Waals surface area contributed by atoms with Crippen LogP contribution in [0.2, 0.25) is 0 Å². The molecule has 11 rings (SSSR count). The summed E-state index contributed by atoms with van der Waals surface area (Å²) in [4.78, 5) is 14.9. The van der Waals surface area contributed by atoms with Crippen LogP contribution in [0.15, 0.2) is 192 Å². The Balaban J connectivity index is 1.08. The Labute approximate surface area is 327 Å². The minimum absolute atomic E-state index is 0.622. The third-order valence-corrected chi connectivity index (χ3v) is 11.7. The molecule has 0 unspecified atom stereocenters. The second-order valence-electron chi connectivity index (χ2n) is 13.9. The van der Waals surface area contributed by atoms with Gasteiger partial charge in [-0.05, 0) is 52.1 Å². The molecule has 0 amide bonds. The molecule has 11 aromatic rings. The minimum atomic E-state index is 0.622. The van der Waals surface area contributed by atoms with Gasteiger partial charge in [-0.15, -0.1) is 11.3 Å². The van der Waals surface area contributed by atoms with Crippen LogP contribution in [0, 0.1) is 0 Å². The molecule has 0 saturated carbocycles. The molecule has 0 fully saturated rings. The normalized spacial score (nSPS) is 11.6. The smallest absolute Gasteiger partial charge is 0.164 e. The van der Waals surface area contributed by atoms with Crippen LogP contribution in [-0.2, 0) is 0 Å². The topological polar surface area (TPSA) is 51.8 Å². The number of fused-ring (bicyclic) bond motifs is 6. The van der Waals surface area contributed by atoms with Crippen molar-refractivity contribution in [2.45, 2.75) is 0 Å². The van der Waals surface area contributed by atoms with E-state index in [9.17, 15) is 0 Å². The van der Waals surface area contributed by atoms with E-state index in [1.54, 1.807) is 0 Å². The van der Waals surface area contributed by atoms with Crippen molar-refractivity contribution in [3.8, 4) is 67.5 Å². The Kier molecular flexibility index (Phi) is 7.64. The monoisotopic (exact) mass is 733 g/mol. The van der Waals surface area contributed by atoms with E-state index in [4.69, 9.17) is 19.4 Å². The lowest BCUT2D eigenvalue weighted by atomic mass is 9.93. The van der Waals surface area contributed by atoms with Gasteiger partial charge in [-0.3, -0.25) is 0 Å². The summed E-state index contributed by atoms with van der Waals surface area (Å²) in [5, 5.41) is 4.70. The highest BCUT2D eigenvalue weighted by molar-refractivity contribution is 7.26. The van der Waals surface area contributed by atoms with Crippen LogP contribution in [0.3, 0.4) is 0 Å². The maximum Gasteiger partial charge on any atom is 0.164 e. The largest absolute Gasteiger partial charge is 0.455 e. The lowest BCUT2D eigenvalue weighted by Gasteiger charge is -2.10. The number of para-hydroxylation sites is 1. The van der Waals surface area contributed by atoms with Crippen LogP contribution in [0.5, 0.6) is 0 Å². The van der Waals surface area contributed by atoms with E-state index in [2.05, 4.69) is 127 Å². The Morgan fingerprint density at radius 3 is 1.46 bits per heavy atom. The van der Waals surface area contributed by atoms with E-state index < -0.39 is 0 Å². The molecule has 3 heterocycles. The lowest BCUT2D eigenvalue weighted by Crippen LogP contribution is -2.00. The summed E-state index contributed by atoms with van der Waals surface area (Å²) in [5.74, 6) is 1.90. The molecule has 0 saturated heterocycles. The molecule has 0 bridgehead atoms. The van der Waals surface area contributed by atoms with Crippen LogP contribution in [0.4, 0.5) is 0 Å². The molecule has 4 nitrogen and oxygen atoms in total. The zero-order valence-corrected chi connectivity index (χ0v) is 30.9. The standard InChI is InChI=1S/C51H31N3OS/c1-4-15-32(16-5-1)37-24-13-29-43-46(37)47-39(25-14-30-44(47)56-43)40-26-11-27-41-45-38(23-12-28-42(45)55-48(40)41)35-21-10-22-36(31-35)51-53-49(33-17-6-2-7-18-33)52-50(54-51)34-19-8-3-9-20-34/h1-31H. The zero-order chi connectivity index (χ0) is 37.0. The van der Waals surface area contributed by atoms with Crippen LogP contribution >= 0.6 is 11.3 Å². The van der Waals surface area contributed by atoms with Crippen molar-refractivity contribution < 1.29 is 4.42 Å². The zero-order valence-electron chi connectivity index (χ0n) is 30.1. The molecule has 3 aromatic heterocycles. The van der Waals surface area contributed by atoms with E-state index in [0.717, 1.165) is 55.3 Å². The number of nitrogens with zero attached hydrogens (tertiary/aromatic N) is 3. The Morgan fingerprint density at radius 2 is 0.804 bits per heavy atom. The summed E-state index contributed by atoms with van der Waals surface area (Å²) in [6.45, 7) is 0. The molecule has 0 aliphatic carbocycles. The van der Waals surface area contributed by atoms with Crippen molar-refractivity contribution >= 4 is 53.4 Å². The van der Waals surface area contributed by atoms with Crippen molar-refractivity contribution in [1.29, 1.82) is 0 Å². The first-order valence-corrected chi connectivity index (χ1v) is 19.5. The van der Waals surface area contributed by atoms with E-state index in [1.165, 1.54) is 36.9 Å². The maximum absolute atomic E-state index is 6.87. The van der Waals surface area contributed by atoms with Crippen LogP contribution < -0.4 is 0 Å². The second-order valence-corrected chi connectivity index (χ2v) is 15.0. The van der Waals surface area contributed by atoms with E-state index >= 15 is 0 Å². The highest BCUT2D eigenvalue weighted by Gasteiger charge is 2.21. The Hall–Kier alpha value is -7.21. The Morgan fingerprint density at radius 1 is 0.339 bits per heavy atom. The molecular formula is C51H31N3OS. The van der Waals surface area contributed by atoms with Gasteiger partial charge in [0.05, 0.1) is 0 Å². The van der Waals surface area contributed by atoms with E-state index in [1.807, 2.05) is 72.0 Å². The van der Waals surface area contributed by atoms with E-state index in [0.29, 0.717) is 17.5 Å². The van der Waals surface area contributed by atoms with Gasteiger partial charge in [-0.2, -0.15) is 0 Å². The first-order valence-electron chi connectivity index (χ1n) is 18.7. The molecule has 5 heteroatoms. The molecule has 0 aliphatic rings. The number of furan rings is 1. The van der Waals surface area contributed by atoms with Gasteiger partial charge in [-0.25, -0.2) is 15.0 Å². The van der Waals surface area contributed by atoms with Crippen LogP contribution in [0.1, 0.15) is 0 Å². The molecular weight excluding hydrogens is 703 g/mol. The fraction of sp³-hybridized carbons (Fsp3) is 0. The fourth-order valence-electron chi connectivity index (χ4n) is 8.01. The fourth-order valence-corrected chi connectivity index (χ4v) is 9.17.